The van der Waals surface area contributed by atoms with Gasteiger partial charge >= 0.3 is 5.76 Å². The first kappa shape index (κ1) is 13.5. The van der Waals surface area contributed by atoms with E-state index in [1.54, 1.807) is 13.0 Å². The van der Waals surface area contributed by atoms with Crippen LogP contribution in [0.5, 0.6) is 0 Å². The Labute approximate surface area is 98.8 Å². The number of benzene rings is 1. The molecule has 1 aromatic carbocycles. The lowest BCUT2D eigenvalue weighted by Crippen LogP contribution is -2.14. The molecule has 1 rings (SSSR count). The van der Waals surface area contributed by atoms with Gasteiger partial charge in [0.2, 0.25) is 9.84 Å². The molecule has 0 radical (unpaired) electrons. The molecule has 0 heterocycles. The zero-order chi connectivity index (χ0) is 12.9. The van der Waals surface area contributed by atoms with Gasteiger partial charge in [-0.1, -0.05) is 18.1 Å². The third-order valence-electron chi connectivity index (χ3n) is 1.97. The third-order valence-corrected chi connectivity index (χ3v) is 3.41. The Hall–Kier alpha value is -1.61. The van der Waals surface area contributed by atoms with Gasteiger partial charge in [0.1, 0.15) is 0 Å². The summed E-state index contributed by atoms with van der Waals surface area (Å²) in [6.45, 7) is 1.83. The SMILES string of the molecule is CC#CCNc1ccccc1S(=O)(=O)C(F)F. The summed E-state index contributed by atoms with van der Waals surface area (Å²) < 4.78 is 47.6. The molecule has 6 heteroatoms. The van der Waals surface area contributed by atoms with Crippen molar-refractivity contribution in [3.05, 3.63) is 24.3 Å². The highest BCUT2D eigenvalue weighted by Crippen LogP contribution is 2.25. The van der Waals surface area contributed by atoms with Gasteiger partial charge in [-0.3, -0.25) is 0 Å². The average molecular weight is 259 g/mol. The summed E-state index contributed by atoms with van der Waals surface area (Å²) in [5.74, 6) is 1.84. The fourth-order valence-corrected chi connectivity index (χ4v) is 2.09. The first-order valence-electron chi connectivity index (χ1n) is 4.74. The van der Waals surface area contributed by atoms with Crippen LogP contribution in [0.3, 0.4) is 0 Å². The van der Waals surface area contributed by atoms with Crippen molar-refractivity contribution >= 4 is 15.5 Å². The van der Waals surface area contributed by atoms with Gasteiger partial charge in [0.05, 0.1) is 17.1 Å². The maximum atomic E-state index is 12.4. The number of alkyl halides is 2. The van der Waals surface area contributed by atoms with E-state index in [0.717, 1.165) is 6.07 Å². The first-order chi connectivity index (χ1) is 8.00. The van der Waals surface area contributed by atoms with Crippen LogP contribution < -0.4 is 5.32 Å². The van der Waals surface area contributed by atoms with E-state index in [0.29, 0.717) is 0 Å². The molecule has 1 N–H and O–H groups in total. The van der Waals surface area contributed by atoms with Crippen molar-refractivity contribution in [3.63, 3.8) is 0 Å². The molecule has 0 fully saturated rings. The average Bonchev–Trinajstić information content (AvgIpc) is 2.29. The van der Waals surface area contributed by atoms with Crippen LogP contribution in [0.4, 0.5) is 14.5 Å². The molecular formula is C11H11F2NO2S. The largest absolute Gasteiger partial charge is 0.373 e. The van der Waals surface area contributed by atoms with Crippen molar-refractivity contribution in [2.75, 3.05) is 11.9 Å². The molecule has 0 unspecified atom stereocenters. The molecule has 92 valence electrons. The monoisotopic (exact) mass is 259 g/mol. The standard InChI is InChI=1S/C11H11F2NO2S/c1-2-3-8-14-9-6-4-5-7-10(9)17(15,16)11(12)13/h4-7,11,14H,8H2,1H3. The van der Waals surface area contributed by atoms with Gasteiger partial charge in [-0.15, -0.1) is 5.92 Å². The van der Waals surface area contributed by atoms with Gasteiger partial charge < -0.3 is 5.32 Å². The van der Waals surface area contributed by atoms with E-state index in [1.165, 1.54) is 12.1 Å². The van der Waals surface area contributed by atoms with Gasteiger partial charge in [-0.2, -0.15) is 8.78 Å². The summed E-state index contributed by atoms with van der Waals surface area (Å²) >= 11 is 0. The maximum absolute atomic E-state index is 12.4. The van der Waals surface area contributed by atoms with Crippen LogP contribution in [0.25, 0.3) is 0 Å². The van der Waals surface area contributed by atoms with Crippen LogP contribution in [0.2, 0.25) is 0 Å². The number of para-hydroxylation sites is 1. The van der Waals surface area contributed by atoms with Gasteiger partial charge in [-0.05, 0) is 19.1 Å². The molecule has 0 amide bonds. The van der Waals surface area contributed by atoms with E-state index in [4.69, 9.17) is 0 Å². The Morgan fingerprint density at radius 2 is 2.00 bits per heavy atom. The fourth-order valence-electron chi connectivity index (χ4n) is 1.18. The molecule has 0 aliphatic heterocycles. The Morgan fingerprint density at radius 3 is 2.59 bits per heavy atom. The highest BCUT2D eigenvalue weighted by atomic mass is 32.2. The van der Waals surface area contributed by atoms with Crippen molar-refractivity contribution in [3.8, 4) is 11.8 Å². The van der Waals surface area contributed by atoms with Crippen molar-refractivity contribution in [2.24, 2.45) is 0 Å². The molecule has 0 aliphatic rings. The third kappa shape index (κ3) is 3.17. The van der Waals surface area contributed by atoms with Crippen molar-refractivity contribution in [1.29, 1.82) is 0 Å². The van der Waals surface area contributed by atoms with E-state index in [9.17, 15) is 17.2 Å². The highest BCUT2D eigenvalue weighted by molar-refractivity contribution is 7.91. The van der Waals surface area contributed by atoms with Gasteiger partial charge in [0.25, 0.3) is 0 Å². The second kappa shape index (κ2) is 5.64. The Kier molecular flexibility index (Phi) is 4.46. The molecule has 0 spiro atoms. The van der Waals surface area contributed by atoms with E-state index >= 15 is 0 Å². The van der Waals surface area contributed by atoms with Crippen LogP contribution in [0, 0.1) is 11.8 Å². The van der Waals surface area contributed by atoms with Gasteiger partial charge in [0, 0.05) is 0 Å². The Morgan fingerprint density at radius 1 is 1.35 bits per heavy atom. The Bertz CT molecular complexity index is 544. The number of sulfone groups is 1. The highest BCUT2D eigenvalue weighted by Gasteiger charge is 2.28. The topological polar surface area (TPSA) is 46.2 Å². The molecular weight excluding hydrogens is 248 g/mol. The van der Waals surface area contributed by atoms with Crippen LogP contribution >= 0.6 is 0 Å². The minimum Gasteiger partial charge on any atom is -0.373 e. The first-order valence-corrected chi connectivity index (χ1v) is 6.29. The smallest absolute Gasteiger partial charge is 0.341 e. The molecule has 0 aromatic heterocycles. The number of hydrogen-bond donors (Lipinski definition) is 1. The van der Waals surface area contributed by atoms with E-state index in [2.05, 4.69) is 17.2 Å². The Balaban J connectivity index is 3.11. The lowest BCUT2D eigenvalue weighted by Gasteiger charge is -2.10. The van der Waals surface area contributed by atoms with E-state index in [-0.39, 0.29) is 12.2 Å². The minimum absolute atomic E-state index is 0.135. The second-order valence-corrected chi connectivity index (χ2v) is 4.97. The van der Waals surface area contributed by atoms with Crippen molar-refractivity contribution in [1.82, 2.24) is 0 Å². The maximum Gasteiger partial charge on any atom is 0.341 e. The van der Waals surface area contributed by atoms with Crippen molar-refractivity contribution in [2.45, 2.75) is 17.6 Å². The van der Waals surface area contributed by atoms with Gasteiger partial charge in [0.15, 0.2) is 0 Å². The molecule has 1 aromatic rings. The summed E-state index contributed by atoms with van der Waals surface area (Å²) in [5.41, 5.74) is 0.135. The van der Waals surface area contributed by atoms with E-state index in [1.807, 2.05) is 0 Å². The molecule has 0 saturated carbocycles. The molecule has 0 saturated heterocycles. The number of rotatable bonds is 4. The molecule has 17 heavy (non-hydrogen) atoms. The predicted octanol–water partition coefficient (Wildman–Crippen LogP) is 2.12. The summed E-state index contributed by atoms with van der Waals surface area (Å²) in [7, 11) is -4.59. The summed E-state index contributed by atoms with van der Waals surface area (Å²) in [4.78, 5) is -0.409. The number of anilines is 1. The second-order valence-electron chi connectivity index (χ2n) is 3.08. The predicted molar refractivity (Wildman–Crippen MR) is 61.6 cm³/mol. The lowest BCUT2D eigenvalue weighted by atomic mass is 10.3. The molecule has 0 bridgehead atoms. The zero-order valence-corrected chi connectivity index (χ0v) is 9.89. The number of halogens is 2. The quantitative estimate of drug-likeness (QED) is 0.842. The van der Waals surface area contributed by atoms with Crippen LogP contribution in [-0.2, 0) is 9.84 Å². The van der Waals surface area contributed by atoms with Crippen LogP contribution in [0.15, 0.2) is 29.2 Å². The van der Waals surface area contributed by atoms with E-state index < -0.39 is 20.5 Å². The van der Waals surface area contributed by atoms with Gasteiger partial charge in [-0.25, -0.2) is 8.42 Å². The van der Waals surface area contributed by atoms with Crippen LogP contribution in [0.1, 0.15) is 6.92 Å². The summed E-state index contributed by atoms with van der Waals surface area (Å²) in [6, 6.07) is 5.52. The molecule has 0 aliphatic carbocycles. The fraction of sp³-hybridized carbons (Fsp3) is 0.273. The molecule has 3 nitrogen and oxygen atoms in total. The molecule has 0 atom stereocenters. The lowest BCUT2D eigenvalue weighted by molar-refractivity contribution is 0.235. The summed E-state index contributed by atoms with van der Waals surface area (Å²) in [6.07, 6.45) is 0. The number of nitrogens with one attached hydrogen (secondary N) is 1. The van der Waals surface area contributed by atoms with Crippen LogP contribution in [-0.4, -0.2) is 20.7 Å². The zero-order valence-electron chi connectivity index (χ0n) is 9.07. The minimum atomic E-state index is -4.59. The summed E-state index contributed by atoms with van der Waals surface area (Å²) in [5, 5.41) is 2.69. The van der Waals surface area contributed by atoms with Crippen molar-refractivity contribution < 1.29 is 17.2 Å². The normalized spacial score (nSPS) is 10.8. The number of hydrogen-bond acceptors (Lipinski definition) is 3.